The number of ketones is 1. The number of carboxylic acids is 1. The van der Waals surface area contributed by atoms with Crippen molar-refractivity contribution in [3.63, 3.8) is 0 Å². The molecule has 5 N–H and O–H groups in total. The van der Waals surface area contributed by atoms with Gasteiger partial charge in [0, 0.05) is 45.0 Å². The molecule has 5 rings (SSSR count). The van der Waals surface area contributed by atoms with E-state index in [1.165, 1.54) is 11.9 Å². The van der Waals surface area contributed by atoms with Gasteiger partial charge in [0.15, 0.2) is 23.4 Å². The van der Waals surface area contributed by atoms with E-state index in [0.29, 0.717) is 36.0 Å². The molecular weight excluding hydrogens is 520 g/mol. The van der Waals surface area contributed by atoms with Gasteiger partial charge in [-0.15, -0.1) is 0 Å². The molecule has 216 valence electrons. The van der Waals surface area contributed by atoms with Crippen molar-refractivity contribution in [3.8, 4) is 11.5 Å². The van der Waals surface area contributed by atoms with Crippen molar-refractivity contribution in [1.29, 1.82) is 0 Å². The lowest BCUT2D eigenvalue weighted by Crippen LogP contribution is -2.80. The van der Waals surface area contributed by atoms with Gasteiger partial charge < -0.3 is 40.1 Å². The van der Waals surface area contributed by atoms with Gasteiger partial charge in [-0.3, -0.25) is 14.4 Å². The summed E-state index contributed by atoms with van der Waals surface area (Å²) < 4.78 is 12.7. The zero-order chi connectivity index (χ0) is 29.0. The van der Waals surface area contributed by atoms with Gasteiger partial charge in [-0.1, -0.05) is 12.6 Å². The number of amides is 2. The minimum Gasteiger partial charge on any atom is -0.481 e. The van der Waals surface area contributed by atoms with Crippen LogP contribution in [0.2, 0.25) is 0 Å². The van der Waals surface area contributed by atoms with Gasteiger partial charge in [-0.05, 0) is 24.1 Å². The first-order chi connectivity index (χ1) is 18.9. The van der Waals surface area contributed by atoms with Gasteiger partial charge in [0.25, 0.3) is 0 Å². The molecule has 2 amide bonds. The number of carbonyl (C=O) groups excluding carboxylic acids is 3. The minimum absolute atomic E-state index is 0.0428. The molecule has 2 heterocycles. The number of benzene rings is 1. The number of hydrogen-bond donors (Lipinski definition) is 4. The number of quaternary nitrogens is 1. The summed E-state index contributed by atoms with van der Waals surface area (Å²) in [5, 5.41) is 23.7. The lowest BCUT2D eigenvalue weighted by Gasteiger charge is -2.64. The van der Waals surface area contributed by atoms with Gasteiger partial charge >= 0.3 is 12.1 Å². The minimum atomic E-state index is -1.19. The Labute approximate surface area is 232 Å². The third-order valence-electron chi connectivity index (χ3n) is 9.42. The molecule has 40 heavy (non-hydrogen) atoms. The Morgan fingerprint density at radius 1 is 1.38 bits per heavy atom. The predicted octanol–water partition coefficient (Wildman–Crippen LogP) is 0.0892. The second kappa shape index (κ2) is 9.86. The van der Waals surface area contributed by atoms with Crippen LogP contribution in [-0.2, 0) is 26.2 Å². The van der Waals surface area contributed by atoms with Gasteiger partial charge in [0.2, 0.25) is 5.91 Å². The first kappa shape index (κ1) is 28.1. The highest BCUT2D eigenvalue weighted by Crippen LogP contribution is 2.65. The molecule has 1 aromatic carbocycles. The van der Waals surface area contributed by atoms with Crippen LogP contribution < -0.4 is 20.5 Å². The average molecular weight is 558 g/mol. The maximum absolute atomic E-state index is 13.2. The van der Waals surface area contributed by atoms with E-state index in [-0.39, 0.29) is 37.1 Å². The number of aliphatic hydroxyl groups is 1. The first-order valence-electron chi connectivity index (χ1n) is 13.6. The number of nitrogens with two attached hydrogens (primary N) is 1. The SMILES string of the molecule is C=CC[N+]1(C)CC[C@]23c4c5ccc(OC(=O)N(C)CCNC(=O)[C@@H](N)CC(=O)O)c4O[C@H]2C(=O)CC[C@@]3(O)[C@@H]1C5. The van der Waals surface area contributed by atoms with E-state index in [9.17, 15) is 24.3 Å². The summed E-state index contributed by atoms with van der Waals surface area (Å²) in [5.41, 5.74) is 5.26. The number of carbonyl (C=O) groups is 4. The number of likely N-dealkylation sites (N-methyl/N-ethyl adjacent to an activating group) is 2. The summed E-state index contributed by atoms with van der Waals surface area (Å²) in [6, 6.07) is 2.25. The monoisotopic (exact) mass is 557 g/mol. The van der Waals surface area contributed by atoms with E-state index in [2.05, 4.69) is 18.9 Å². The normalized spacial score (nSPS) is 31.9. The molecule has 12 nitrogen and oxygen atoms in total. The fourth-order valence-electron chi connectivity index (χ4n) is 7.44. The highest BCUT2D eigenvalue weighted by Gasteiger charge is 2.76. The van der Waals surface area contributed by atoms with Crippen LogP contribution in [0.3, 0.4) is 0 Å². The van der Waals surface area contributed by atoms with Crippen molar-refractivity contribution in [2.75, 3.05) is 40.3 Å². The zero-order valence-corrected chi connectivity index (χ0v) is 22.9. The standard InChI is InChI=1S/C28H36N4O8/c1-4-12-32(3)13-9-27-22-16-5-6-19(23(22)40-24(27)18(33)7-8-28(27,38)20(32)14-16)39-26(37)31(2)11-10-30-25(36)17(29)15-21(34)35/h4-6,17,20,24,38H,1,7-15,29H2,2-3H3,(H-,30,34,35,36)/p+1/t17-,20-,24-,27-,28+,32?/m0/s1. The molecule has 2 aliphatic heterocycles. The molecule has 1 saturated carbocycles. The van der Waals surface area contributed by atoms with Crippen LogP contribution in [0.1, 0.15) is 36.8 Å². The average Bonchev–Trinajstić information content (AvgIpc) is 3.26. The maximum Gasteiger partial charge on any atom is 0.415 e. The van der Waals surface area contributed by atoms with Gasteiger partial charge in [-0.25, -0.2) is 4.79 Å². The molecule has 0 radical (unpaired) electrons. The molecule has 2 bridgehead atoms. The van der Waals surface area contributed by atoms with Crippen molar-refractivity contribution >= 4 is 23.8 Å². The molecule has 0 aromatic heterocycles. The number of ether oxygens (including phenoxy) is 2. The summed E-state index contributed by atoms with van der Waals surface area (Å²) in [6.07, 6.45) is 1.57. The van der Waals surface area contributed by atoms with Gasteiger partial charge in [-0.2, -0.15) is 0 Å². The zero-order valence-electron chi connectivity index (χ0n) is 22.9. The quantitative estimate of drug-likeness (QED) is 0.243. The Morgan fingerprint density at radius 2 is 2.12 bits per heavy atom. The lowest BCUT2D eigenvalue weighted by atomic mass is 9.48. The number of hydrogen-bond acceptors (Lipinski definition) is 8. The number of Topliss-reactive ketones (excluding diaryl/α,β-unsaturated/α-hetero) is 1. The second-order valence-corrected chi connectivity index (χ2v) is 11.7. The summed E-state index contributed by atoms with van der Waals surface area (Å²) in [7, 11) is 3.63. The second-order valence-electron chi connectivity index (χ2n) is 11.7. The van der Waals surface area contributed by atoms with Crippen molar-refractivity contribution in [1.82, 2.24) is 10.2 Å². The molecular formula is C28H37N4O8+. The third kappa shape index (κ3) is 4.08. The topological polar surface area (TPSA) is 168 Å². The predicted molar refractivity (Wildman–Crippen MR) is 142 cm³/mol. The van der Waals surface area contributed by atoms with E-state index in [1.807, 2.05) is 12.1 Å². The molecule has 1 aromatic rings. The number of aliphatic carboxylic acids is 1. The number of piperidine rings is 1. The Morgan fingerprint density at radius 3 is 2.83 bits per heavy atom. The fraction of sp³-hybridized carbons (Fsp3) is 0.571. The maximum atomic E-state index is 13.2. The number of rotatable bonds is 9. The Bertz CT molecular complexity index is 1290. The molecule has 1 saturated heterocycles. The van der Waals surface area contributed by atoms with Gasteiger partial charge in [0.1, 0.15) is 11.6 Å². The molecule has 1 unspecified atom stereocenters. The molecule has 2 aliphatic carbocycles. The summed E-state index contributed by atoms with van der Waals surface area (Å²) in [5.74, 6) is -1.36. The number of nitrogens with one attached hydrogen (secondary N) is 1. The van der Waals surface area contributed by atoms with E-state index in [4.69, 9.17) is 20.3 Å². The number of carboxylic acid groups (broad SMARTS) is 1. The number of nitrogens with zero attached hydrogens (tertiary/aromatic N) is 2. The van der Waals surface area contributed by atoms with Crippen molar-refractivity contribution < 1.29 is 43.3 Å². The van der Waals surface area contributed by atoms with Crippen LogP contribution in [0.5, 0.6) is 11.5 Å². The summed E-state index contributed by atoms with van der Waals surface area (Å²) >= 11 is 0. The smallest absolute Gasteiger partial charge is 0.415 e. The first-order valence-corrected chi connectivity index (χ1v) is 13.6. The van der Waals surface area contributed by atoms with Crippen LogP contribution in [-0.4, -0.2) is 107 Å². The molecule has 12 heteroatoms. The number of likely N-dealkylation sites (tertiary alicyclic amines) is 1. The Hall–Kier alpha value is -3.48. The van der Waals surface area contributed by atoms with Gasteiger partial charge in [0.05, 0.1) is 38.0 Å². The molecule has 1 spiro atoms. The van der Waals surface area contributed by atoms with Crippen LogP contribution in [0, 0.1) is 0 Å². The van der Waals surface area contributed by atoms with Crippen molar-refractivity contribution in [2.24, 2.45) is 5.73 Å². The largest absolute Gasteiger partial charge is 0.481 e. The van der Waals surface area contributed by atoms with Crippen molar-refractivity contribution in [3.05, 3.63) is 35.9 Å². The fourth-order valence-corrected chi connectivity index (χ4v) is 7.44. The molecule has 4 aliphatic rings. The Balaban J connectivity index is 1.37. The molecule has 6 atom stereocenters. The third-order valence-corrected chi connectivity index (χ3v) is 9.42. The highest BCUT2D eigenvalue weighted by molar-refractivity contribution is 5.90. The van der Waals surface area contributed by atoms with Crippen molar-refractivity contribution in [2.45, 2.75) is 61.3 Å². The van der Waals surface area contributed by atoms with Crippen LogP contribution in [0.25, 0.3) is 0 Å². The van der Waals surface area contributed by atoms with E-state index < -0.39 is 47.6 Å². The summed E-state index contributed by atoms with van der Waals surface area (Å²) in [4.78, 5) is 50.1. The summed E-state index contributed by atoms with van der Waals surface area (Å²) in [6.45, 7) is 5.52. The van der Waals surface area contributed by atoms with Crippen LogP contribution in [0.4, 0.5) is 4.79 Å². The van der Waals surface area contributed by atoms with E-state index >= 15 is 0 Å². The lowest BCUT2D eigenvalue weighted by molar-refractivity contribution is -0.944. The Kier molecular flexibility index (Phi) is 6.92. The highest BCUT2D eigenvalue weighted by atomic mass is 16.6. The van der Waals surface area contributed by atoms with Crippen LogP contribution in [0.15, 0.2) is 24.8 Å². The van der Waals surface area contributed by atoms with E-state index in [1.54, 1.807) is 6.07 Å². The van der Waals surface area contributed by atoms with E-state index in [0.717, 1.165) is 17.7 Å². The van der Waals surface area contributed by atoms with Crippen LogP contribution >= 0.6 is 0 Å². The molecule has 2 fully saturated rings.